The summed E-state index contributed by atoms with van der Waals surface area (Å²) >= 11 is 0. The first-order valence-corrected chi connectivity index (χ1v) is 3.72. The Bertz CT molecular complexity index is 227. The molecule has 6 nitrogen and oxygen atoms in total. The molecule has 6 heteroatoms. The molecule has 0 aliphatic heterocycles. The van der Waals surface area contributed by atoms with E-state index in [0.717, 1.165) is 6.92 Å². The van der Waals surface area contributed by atoms with Crippen molar-refractivity contribution in [2.75, 3.05) is 6.54 Å². The van der Waals surface area contributed by atoms with Gasteiger partial charge in [-0.15, -0.1) is 0 Å². The van der Waals surface area contributed by atoms with Gasteiger partial charge >= 0.3 is 5.97 Å². The third-order valence-electron chi connectivity index (χ3n) is 1.38. The number of carboxylic acid groups (broad SMARTS) is 1. The predicted molar refractivity (Wildman–Crippen MR) is 43.9 cm³/mol. The summed E-state index contributed by atoms with van der Waals surface area (Å²) in [5.74, 6) is -2.46. The zero-order chi connectivity index (χ0) is 10.4. The molecule has 0 bridgehead atoms. The number of rotatable bonds is 5. The van der Waals surface area contributed by atoms with Gasteiger partial charge in [0, 0.05) is 13.5 Å². The molecule has 0 aromatic heterocycles. The van der Waals surface area contributed by atoms with Crippen LogP contribution in [0.3, 0.4) is 0 Å². The van der Waals surface area contributed by atoms with Crippen LogP contribution in [0.25, 0.3) is 0 Å². The molecule has 0 saturated carbocycles. The molecule has 0 aliphatic carbocycles. The van der Waals surface area contributed by atoms with Crippen LogP contribution in [0.5, 0.6) is 0 Å². The zero-order valence-corrected chi connectivity index (χ0v) is 7.24. The molecular weight excluding hydrogens is 176 g/mol. The third kappa shape index (κ3) is 4.91. The van der Waals surface area contributed by atoms with Crippen molar-refractivity contribution in [3.8, 4) is 0 Å². The molecule has 0 heterocycles. The Kier molecular flexibility index (Phi) is 4.68. The van der Waals surface area contributed by atoms with Crippen molar-refractivity contribution in [3.05, 3.63) is 0 Å². The van der Waals surface area contributed by atoms with Crippen LogP contribution in [0.15, 0.2) is 0 Å². The van der Waals surface area contributed by atoms with Gasteiger partial charge in [0.15, 0.2) is 0 Å². The molecule has 4 N–H and O–H groups in total. The molecule has 74 valence electrons. The lowest BCUT2D eigenvalue weighted by Gasteiger charge is -2.05. The Morgan fingerprint density at radius 1 is 1.46 bits per heavy atom. The van der Waals surface area contributed by atoms with E-state index in [1.807, 2.05) is 0 Å². The minimum absolute atomic E-state index is 0.0892. The summed E-state index contributed by atoms with van der Waals surface area (Å²) in [5.41, 5.74) is 5.14. The van der Waals surface area contributed by atoms with E-state index in [0.29, 0.717) is 0 Å². The standard InChI is InChI=1S/C7H12N2O4/c1-4(10)6(11)9-3-2-5(8)7(12)13/h5H,2-3,8H2,1H3,(H,9,11)(H,12,13). The highest BCUT2D eigenvalue weighted by molar-refractivity contribution is 6.35. The van der Waals surface area contributed by atoms with E-state index < -0.39 is 23.7 Å². The molecule has 1 unspecified atom stereocenters. The molecule has 13 heavy (non-hydrogen) atoms. The number of hydrogen-bond donors (Lipinski definition) is 3. The number of ketones is 1. The largest absolute Gasteiger partial charge is 0.480 e. The van der Waals surface area contributed by atoms with Crippen molar-refractivity contribution in [1.29, 1.82) is 0 Å². The van der Waals surface area contributed by atoms with Gasteiger partial charge in [0.05, 0.1) is 0 Å². The quantitative estimate of drug-likeness (QED) is 0.454. The van der Waals surface area contributed by atoms with E-state index in [1.54, 1.807) is 0 Å². The number of aliphatic carboxylic acids is 1. The number of carbonyl (C=O) groups is 3. The van der Waals surface area contributed by atoms with Crippen LogP contribution in [0, 0.1) is 0 Å². The number of nitrogens with two attached hydrogens (primary N) is 1. The van der Waals surface area contributed by atoms with E-state index in [2.05, 4.69) is 5.32 Å². The first-order valence-electron chi connectivity index (χ1n) is 3.72. The average Bonchev–Trinajstić information content (AvgIpc) is 2.03. The fourth-order valence-electron chi connectivity index (χ4n) is 0.589. The van der Waals surface area contributed by atoms with Crippen molar-refractivity contribution in [2.24, 2.45) is 5.73 Å². The topological polar surface area (TPSA) is 109 Å². The van der Waals surface area contributed by atoms with Gasteiger partial charge in [-0.05, 0) is 6.42 Å². The molecule has 1 atom stereocenters. The molecule has 0 rings (SSSR count). The average molecular weight is 188 g/mol. The number of hydrogen-bond acceptors (Lipinski definition) is 4. The maximum absolute atomic E-state index is 10.6. The predicted octanol–water partition coefficient (Wildman–Crippen LogP) is -1.51. The van der Waals surface area contributed by atoms with Gasteiger partial charge in [0.25, 0.3) is 5.91 Å². The number of carbonyl (C=O) groups excluding carboxylic acids is 2. The highest BCUT2D eigenvalue weighted by Gasteiger charge is 2.12. The Morgan fingerprint density at radius 3 is 2.38 bits per heavy atom. The Labute approximate surface area is 75.1 Å². The second-order valence-electron chi connectivity index (χ2n) is 2.55. The second-order valence-corrected chi connectivity index (χ2v) is 2.55. The molecule has 0 fully saturated rings. The fourth-order valence-corrected chi connectivity index (χ4v) is 0.589. The number of amides is 1. The van der Waals surface area contributed by atoms with Gasteiger partial charge in [-0.25, -0.2) is 0 Å². The SMILES string of the molecule is CC(=O)C(=O)NCCC(N)C(=O)O. The van der Waals surface area contributed by atoms with E-state index in [-0.39, 0.29) is 13.0 Å². The van der Waals surface area contributed by atoms with E-state index >= 15 is 0 Å². The summed E-state index contributed by atoms with van der Waals surface area (Å²) in [4.78, 5) is 31.2. The summed E-state index contributed by atoms with van der Waals surface area (Å²) in [6.07, 6.45) is 0.106. The van der Waals surface area contributed by atoms with E-state index in [9.17, 15) is 14.4 Å². The molecule has 0 saturated heterocycles. The van der Waals surface area contributed by atoms with Crippen molar-refractivity contribution in [1.82, 2.24) is 5.32 Å². The van der Waals surface area contributed by atoms with Gasteiger partial charge in [-0.1, -0.05) is 0 Å². The van der Waals surface area contributed by atoms with E-state index in [1.165, 1.54) is 0 Å². The van der Waals surface area contributed by atoms with Crippen molar-refractivity contribution < 1.29 is 19.5 Å². The number of Topliss-reactive ketones (excluding diaryl/α,β-unsaturated/α-hetero) is 1. The fraction of sp³-hybridized carbons (Fsp3) is 0.571. The summed E-state index contributed by atoms with van der Waals surface area (Å²) in [6, 6.07) is -1.01. The van der Waals surface area contributed by atoms with Gasteiger partial charge in [0.1, 0.15) is 6.04 Å². The first kappa shape index (κ1) is 11.6. The summed E-state index contributed by atoms with van der Waals surface area (Å²) < 4.78 is 0. The maximum Gasteiger partial charge on any atom is 0.320 e. The highest BCUT2D eigenvalue weighted by Crippen LogP contribution is 1.85. The van der Waals surface area contributed by atoms with Crippen LogP contribution >= 0.6 is 0 Å². The molecule has 1 amide bonds. The Morgan fingerprint density at radius 2 is 2.00 bits per heavy atom. The minimum Gasteiger partial charge on any atom is -0.480 e. The summed E-state index contributed by atoms with van der Waals surface area (Å²) in [6.45, 7) is 1.22. The van der Waals surface area contributed by atoms with Crippen LogP contribution in [0.1, 0.15) is 13.3 Å². The molecule has 0 aliphatic rings. The Balaban J connectivity index is 3.62. The number of carboxylic acids is 1. The second kappa shape index (κ2) is 5.26. The molecule has 0 radical (unpaired) electrons. The zero-order valence-electron chi connectivity index (χ0n) is 7.24. The van der Waals surface area contributed by atoms with E-state index in [4.69, 9.17) is 10.8 Å². The van der Waals surface area contributed by atoms with Crippen molar-refractivity contribution in [3.63, 3.8) is 0 Å². The van der Waals surface area contributed by atoms with Gasteiger partial charge in [-0.3, -0.25) is 14.4 Å². The van der Waals surface area contributed by atoms with Gasteiger partial charge in [0.2, 0.25) is 5.78 Å². The Hall–Kier alpha value is -1.43. The normalized spacial score (nSPS) is 11.8. The van der Waals surface area contributed by atoms with Crippen LogP contribution in [-0.4, -0.2) is 35.4 Å². The smallest absolute Gasteiger partial charge is 0.320 e. The third-order valence-corrected chi connectivity index (χ3v) is 1.38. The molecular formula is C7H12N2O4. The van der Waals surface area contributed by atoms with Crippen LogP contribution < -0.4 is 11.1 Å². The monoisotopic (exact) mass is 188 g/mol. The van der Waals surface area contributed by atoms with Gasteiger partial charge in [-0.2, -0.15) is 0 Å². The lowest BCUT2D eigenvalue weighted by molar-refractivity contribution is -0.139. The van der Waals surface area contributed by atoms with Crippen LogP contribution in [-0.2, 0) is 14.4 Å². The van der Waals surface area contributed by atoms with Crippen molar-refractivity contribution >= 4 is 17.7 Å². The first-order chi connectivity index (χ1) is 5.95. The maximum atomic E-state index is 10.6. The lowest BCUT2D eigenvalue weighted by atomic mass is 10.2. The van der Waals surface area contributed by atoms with Crippen LogP contribution in [0.4, 0.5) is 0 Å². The molecule has 0 spiro atoms. The summed E-state index contributed by atoms with van der Waals surface area (Å²) in [7, 11) is 0. The lowest BCUT2D eigenvalue weighted by Crippen LogP contribution is -2.37. The highest BCUT2D eigenvalue weighted by atomic mass is 16.4. The van der Waals surface area contributed by atoms with Gasteiger partial charge < -0.3 is 16.2 Å². The van der Waals surface area contributed by atoms with Crippen molar-refractivity contribution in [2.45, 2.75) is 19.4 Å². The minimum atomic E-state index is -1.13. The number of nitrogens with one attached hydrogen (secondary N) is 1. The molecule has 0 aromatic carbocycles. The summed E-state index contributed by atoms with van der Waals surface area (Å²) in [5, 5.41) is 10.6. The van der Waals surface area contributed by atoms with Crippen LogP contribution in [0.2, 0.25) is 0 Å². The molecule has 0 aromatic rings.